The number of nitro groups is 1. The highest BCUT2D eigenvalue weighted by molar-refractivity contribution is 5.60. The Balaban J connectivity index is 2.28. The fraction of sp³-hybridized carbons (Fsp3) is 0.533. The molecule has 0 amide bonds. The van der Waals surface area contributed by atoms with Gasteiger partial charge in [0.1, 0.15) is 11.6 Å². The Labute approximate surface area is 124 Å². The van der Waals surface area contributed by atoms with Gasteiger partial charge < -0.3 is 10.6 Å². The van der Waals surface area contributed by atoms with Crippen LogP contribution in [0.5, 0.6) is 0 Å². The molecule has 112 valence electrons. The molecule has 0 spiro atoms. The molecule has 0 aromatic heterocycles. The van der Waals surface area contributed by atoms with Gasteiger partial charge >= 0.3 is 0 Å². The highest BCUT2D eigenvalue weighted by Crippen LogP contribution is 2.32. The van der Waals surface area contributed by atoms with Gasteiger partial charge in [-0.05, 0) is 37.4 Å². The van der Waals surface area contributed by atoms with Crippen molar-refractivity contribution in [1.82, 2.24) is 0 Å². The summed E-state index contributed by atoms with van der Waals surface area (Å²) in [7, 11) is 1.97. The van der Waals surface area contributed by atoms with E-state index in [0.717, 1.165) is 18.5 Å². The van der Waals surface area contributed by atoms with Crippen LogP contribution in [-0.4, -0.2) is 24.6 Å². The highest BCUT2D eigenvalue weighted by atomic mass is 16.6. The van der Waals surface area contributed by atoms with E-state index >= 15 is 0 Å². The summed E-state index contributed by atoms with van der Waals surface area (Å²) in [5.41, 5.74) is 6.65. The van der Waals surface area contributed by atoms with Crippen molar-refractivity contribution in [3.8, 4) is 6.07 Å². The SMILES string of the molecule is CN(c1ccc([N+](=O)[O-])c(C#N)c1)C1CCCCC1CN. The smallest absolute Gasteiger partial charge is 0.287 e. The Morgan fingerprint density at radius 3 is 2.81 bits per heavy atom. The van der Waals surface area contributed by atoms with E-state index in [-0.39, 0.29) is 11.3 Å². The van der Waals surface area contributed by atoms with E-state index in [1.54, 1.807) is 12.1 Å². The molecule has 6 nitrogen and oxygen atoms in total. The number of rotatable bonds is 4. The largest absolute Gasteiger partial charge is 0.371 e. The number of nitriles is 1. The van der Waals surface area contributed by atoms with Gasteiger partial charge in [-0.3, -0.25) is 10.1 Å². The molecular weight excluding hydrogens is 268 g/mol. The number of nitrogens with two attached hydrogens (primary N) is 1. The number of hydrogen-bond acceptors (Lipinski definition) is 5. The van der Waals surface area contributed by atoms with Crippen molar-refractivity contribution in [2.24, 2.45) is 11.7 Å². The van der Waals surface area contributed by atoms with Crippen LogP contribution in [0.1, 0.15) is 31.2 Å². The molecule has 21 heavy (non-hydrogen) atoms. The van der Waals surface area contributed by atoms with Gasteiger partial charge in [0.15, 0.2) is 0 Å². The predicted molar refractivity (Wildman–Crippen MR) is 81.0 cm³/mol. The minimum atomic E-state index is -0.522. The Morgan fingerprint density at radius 2 is 2.19 bits per heavy atom. The van der Waals surface area contributed by atoms with E-state index in [0.29, 0.717) is 18.5 Å². The van der Waals surface area contributed by atoms with Crippen molar-refractivity contribution < 1.29 is 4.92 Å². The lowest BCUT2D eigenvalue weighted by Crippen LogP contribution is -2.43. The van der Waals surface area contributed by atoms with Crippen molar-refractivity contribution in [3.63, 3.8) is 0 Å². The zero-order valence-electron chi connectivity index (χ0n) is 12.2. The van der Waals surface area contributed by atoms with E-state index in [4.69, 9.17) is 11.0 Å². The lowest BCUT2D eigenvalue weighted by molar-refractivity contribution is -0.385. The fourth-order valence-corrected chi connectivity index (χ4v) is 3.16. The first-order chi connectivity index (χ1) is 10.1. The number of anilines is 1. The van der Waals surface area contributed by atoms with Gasteiger partial charge in [-0.25, -0.2) is 0 Å². The molecule has 2 atom stereocenters. The maximum Gasteiger partial charge on any atom is 0.287 e. The maximum atomic E-state index is 10.9. The summed E-state index contributed by atoms with van der Waals surface area (Å²) in [4.78, 5) is 12.5. The third-order valence-corrected chi connectivity index (χ3v) is 4.37. The molecule has 1 aliphatic rings. The molecule has 0 saturated heterocycles. The molecule has 0 heterocycles. The molecule has 0 aliphatic heterocycles. The first-order valence-corrected chi connectivity index (χ1v) is 7.20. The number of benzene rings is 1. The zero-order chi connectivity index (χ0) is 15.4. The third kappa shape index (κ3) is 3.14. The third-order valence-electron chi connectivity index (χ3n) is 4.37. The molecule has 1 aromatic carbocycles. The summed E-state index contributed by atoms with van der Waals surface area (Å²) in [5, 5.41) is 20.0. The molecule has 1 saturated carbocycles. The average Bonchev–Trinajstić information content (AvgIpc) is 2.53. The second kappa shape index (κ2) is 6.55. The van der Waals surface area contributed by atoms with Crippen LogP contribution < -0.4 is 10.6 Å². The van der Waals surface area contributed by atoms with Gasteiger partial charge in [0, 0.05) is 24.8 Å². The lowest BCUT2D eigenvalue weighted by Gasteiger charge is -2.38. The predicted octanol–water partition coefficient (Wildman–Crippen LogP) is 2.42. The van der Waals surface area contributed by atoms with Crippen LogP contribution in [0.3, 0.4) is 0 Å². The molecule has 2 rings (SSSR count). The van der Waals surface area contributed by atoms with Crippen LogP contribution >= 0.6 is 0 Å². The van der Waals surface area contributed by atoms with Crippen LogP contribution in [-0.2, 0) is 0 Å². The van der Waals surface area contributed by atoms with Crippen LogP contribution in [0.15, 0.2) is 18.2 Å². The van der Waals surface area contributed by atoms with Crippen molar-refractivity contribution in [2.75, 3.05) is 18.5 Å². The van der Waals surface area contributed by atoms with Gasteiger partial charge in [0.2, 0.25) is 0 Å². The summed E-state index contributed by atoms with van der Waals surface area (Å²) in [6, 6.07) is 6.95. The van der Waals surface area contributed by atoms with Crippen LogP contribution in [0.25, 0.3) is 0 Å². The average molecular weight is 288 g/mol. The Hall–Kier alpha value is -2.13. The van der Waals surface area contributed by atoms with Gasteiger partial charge in [-0.15, -0.1) is 0 Å². The molecule has 1 aromatic rings. The standard InChI is InChI=1S/C15H20N4O2/c1-18(14-5-3-2-4-11(14)9-16)13-6-7-15(19(20)21)12(8-13)10-17/h6-8,11,14H,2-5,9,16H2,1H3. The minimum Gasteiger partial charge on any atom is -0.371 e. The lowest BCUT2D eigenvalue weighted by atomic mass is 9.83. The molecular formula is C15H20N4O2. The Kier molecular flexibility index (Phi) is 4.76. The Morgan fingerprint density at radius 1 is 1.48 bits per heavy atom. The van der Waals surface area contributed by atoms with Crippen molar-refractivity contribution in [3.05, 3.63) is 33.9 Å². The van der Waals surface area contributed by atoms with E-state index < -0.39 is 4.92 Å². The quantitative estimate of drug-likeness (QED) is 0.678. The van der Waals surface area contributed by atoms with Gasteiger partial charge in [0.25, 0.3) is 5.69 Å². The van der Waals surface area contributed by atoms with Gasteiger partial charge in [0.05, 0.1) is 4.92 Å². The maximum absolute atomic E-state index is 10.9. The van der Waals surface area contributed by atoms with E-state index in [1.807, 2.05) is 13.1 Å². The first-order valence-electron chi connectivity index (χ1n) is 7.20. The molecule has 6 heteroatoms. The number of nitro benzene ring substituents is 1. The van der Waals surface area contributed by atoms with Crippen molar-refractivity contribution in [2.45, 2.75) is 31.7 Å². The van der Waals surface area contributed by atoms with Crippen LogP contribution in [0.4, 0.5) is 11.4 Å². The summed E-state index contributed by atoms with van der Waals surface area (Å²) >= 11 is 0. The molecule has 2 unspecified atom stereocenters. The van der Waals surface area contributed by atoms with Crippen LogP contribution in [0.2, 0.25) is 0 Å². The summed E-state index contributed by atoms with van der Waals surface area (Å²) < 4.78 is 0. The molecule has 0 radical (unpaired) electrons. The van der Waals surface area contributed by atoms with Crippen molar-refractivity contribution in [1.29, 1.82) is 5.26 Å². The minimum absolute atomic E-state index is 0.101. The molecule has 2 N–H and O–H groups in total. The molecule has 1 fully saturated rings. The molecule has 0 bridgehead atoms. The highest BCUT2D eigenvalue weighted by Gasteiger charge is 2.28. The zero-order valence-corrected chi connectivity index (χ0v) is 12.2. The fourth-order valence-electron chi connectivity index (χ4n) is 3.16. The first kappa shape index (κ1) is 15.3. The van der Waals surface area contributed by atoms with E-state index in [2.05, 4.69) is 4.90 Å². The summed E-state index contributed by atoms with van der Waals surface area (Å²) in [6.45, 7) is 0.646. The monoisotopic (exact) mass is 288 g/mol. The van der Waals surface area contributed by atoms with Crippen LogP contribution in [0, 0.1) is 27.4 Å². The second-order valence-electron chi connectivity index (χ2n) is 5.53. The summed E-state index contributed by atoms with van der Waals surface area (Å²) in [5.74, 6) is 0.435. The molecule has 1 aliphatic carbocycles. The Bertz CT molecular complexity index is 567. The normalized spacial score (nSPS) is 21.6. The second-order valence-corrected chi connectivity index (χ2v) is 5.53. The van der Waals surface area contributed by atoms with E-state index in [1.165, 1.54) is 18.9 Å². The van der Waals surface area contributed by atoms with Gasteiger partial charge in [-0.1, -0.05) is 12.8 Å². The number of hydrogen-bond donors (Lipinski definition) is 1. The van der Waals surface area contributed by atoms with E-state index in [9.17, 15) is 10.1 Å². The summed E-state index contributed by atoms with van der Waals surface area (Å²) in [6.07, 6.45) is 4.56. The van der Waals surface area contributed by atoms with Gasteiger partial charge in [-0.2, -0.15) is 5.26 Å². The van der Waals surface area contributed by atoms with Crippen molar-refractivity contribution >= 4 is 11.4 Å². The number of nitrogens with zero attached hydrogens (tertiary/aromatic N) is 3. The topological polar surface area (TPSA) is 96.2 Å².